The summed E-state index contributed by atoms with van der Waals surface area (Å²) in [7, 11) is 0. The average molecular weight is 246 g/mol. The number of aromatic amines is 1. The van der Waals surface area contributed by atoms with Crippen LogP contribution in [0.4, 0.5) is 5.69 Å². The highest BCUT2D eigenvalue weighted by atomic mass is 16.2. The van der Waals surface area contributed by atoms with Crippen LogP contribution in [0.25, 0.3) is 10.9 Å². The van der Waals surface area contributed by atoms with Crippen molar-refractivity contribution in [2.24, 2.45) is 11.7 Å². The number of nitrogens with one attached hydrogen (secondary N) is 2. The number of H-pyrrole nitrogens is 1. The van der Waals surface area contributed by atoms with E-state index in [0.29, 0.717) is 0 Å². The van der Waals surface area contributed by atoms with E-state index in [1.165, 1.54) is 0 Å². The van der Waals surface area contributed by atoms with Gasteiger partial charge in [-0.2, -0.15) is 5.10 Å². The molecule has 1 amide bonds. The van der Waals surface area contributed by atoms with Crippen LogP contribution in [0.2, 0.25) is 0 Å². The van der Waals surface area contributed by atoms with Gasteiger partial charge in [0.05, 0.1) is 17.8 Å². The van der Waals surface area contributed by atoms with Crippen molar-refractivity contribution in [1.82, 2.24) is 10.2 Å². The molecule has 1 heterocycles. The zero-order valence-electron chi connectivity index (χ0n) is 10.6. The number of amides is 1. The van der Waals surface area contributed by atoms with Crippen molar-refractivity contribution in [2.45, 2.75) is 26.3 Å². The Bertz CT molecular complexity index is 549. The van der Waals surface area contributed by atoms with Gasteiger partial charge in [0.1, 0.15) is 0 Å². The molecule has 0 spiro atoms. The molecule has 0 aliphatic carbocycles. The maximum absolute atomic E-state index is 11.9. The maximum Gasteiger partial charge on any atom is 0.241 e. The van der Waals surface area contributed by atoms with E-state index in [4.69, 9.17) is 5.73 Å². The molecule has 0 saturated carbocycles. The van der Waals surface area contributed by atoms with Crippen molar-refractivity contribution in [3.63, 3.8) is 0 Å². The molecule has 0 aliphatic heterocycles. The molecule has 1 aromatic carbocycles. The lowest BCUT2D eigenvalue weighted by Crippen LogP contribution is -2.40. The van der Waals surface area contributed by atoms with Crippen molar-refractivity contribution in [3.8, 4) is 0 Å². The summed E-state index contributed by atoms with van der Waals surface area (Å²) in [5, 5.41) is 10.6. The van der Waals surface area contributed by atoms with E-state index in [0.717, 1.165) is 23.0 Å². The van der Waals surface area contributed by atoms with Gasteiger partial charge >= 0.3 is 0 Å². The standard InChI is InChI=1S/C13H18N4O/c1-3-8(2)12(14)13(18)16-10-4-5-11-9(6-10)7-15-17-11/h4-8,12H,3,14H2,1-2H3,(H,15,17)(H,16,18). The van der Waals surface area contributed by atoms with Crippen molar-refractivity contribution in [3.05, 3.63) is 24.4 Å². The first-order valence-corrected chi connectivity index (χ1v) is 6.11. The average Bonchev–Trinajstić information content (AvgIpc) is 2.84. The summed E-state index contributed by atoms with van der Waals surface area (Å²) >= 11 is 0. The number of rotatable bonds is 4. The van der Waals surface area contributed by atoms with Gasteiger partial charge in [-0.3, -0.25) is 9.89 Å². The minimum atomic E-state index is -0.477. The second-order valence-corrected chi connectivity index (χ2v) is 4.57. The Morgan fingerprint density at radius 2 is 2.33 bits per heavy atom. The van der Waals surface area contributed by atoms with E-state index >= 15 is 0 Å². The molecule has 5 heteroatoms. The fourth-order valence-electron chi connectivity index (χ4n) is 1.76. The molecule has 0 saturated heterocycles. The number of fused-ring (bicyclic) bond motifs is 1. The van der Waals surface area contributed by atoms with Crippen LogP contribution in [0.15, 0.2) is 24.4 Å². The van der Waals surface area contributed by atoms with E-state index in [1.54, 1.807) is 6.20 Å². The molecule has 2 aromatic rings. The number of nitrogens with two attached hydrogens (primary N) is 1. The fourth-order valence-corrected chi connectivity index (χ4v) is 1.76. The Morgan fingerprint density at radius 1 is 1.56 bits per heavy atom. The molecular weight excluding hydrogens is 228 g/mol. The highest BCUT2D eigenvalue weighted by Gasteiger charge is 2.19. The third kappa shape index (κ3) is 2.51. The third-order valence-corrected chi connectivity index (χ3v) is 3.27. The highest BCUT2D eigenvalue weighted by Crippen LogP contribution is 2.17. The summed E-state index contributed by atoms with van der Waals surface area (Å²) in [6.45, 7) is 4.00. The van der Waals surface area contributed by atoms with Crippen LogP contribution in [0.3, 0.4) is 0 Å². The largest absolute Gasteiger partial charge is 0.325 e. The summed E-state index contributed by atoms with van der Waals surface area (Å²) in [6.07, 6.45) is 2.61. The molecule has 18 heavy (non-hydrogen) atoms. The summed E-state index contributed by atoms with van der Waals surface area (Å²) in [4.78, 5) is 11.9. The number of hydrogen-bond acceptors (Lipinski definition) is 3. The quantitative estimate of drug-likeness (QED) is 0.770. The van der Waals surface area contributed by atoms with Gasteiger partial charge in [0, 0.05) is 11.1 Å². The lowest BCUT2D eigenvalue weighted by Gasteiger charge is -2.17. The number of hydrogen-bond donors (Lipinski definition) is 3. The predicted molar refractivity (Wildman–Crippen MR) is 72.2 cm³/mol. The van der Waals surface area contributed by atoms with E-state index in [9.17, 15) is 4.79 Å². The normalized spacial score (nSPS) is 14.4. The Labute approximate surface area is 106 Å². The molecule has 0 bridgehead atoms. The van der Waals surface area contributed by atoms with Crippen LogP contribution in [0.5, 0.6) is 0 Å². The van der Waals surface area contributed by atoms with Crippen LogP contribution in [-0.4, -0.2) is 22.1 Å². The summed E-state index contributed by atoms with van der Waals surface area (Å²) in [5.74, 6) is 0.0230. The van der Waals surface area contributed by atoms with Gasteiger partial charge in [0.15, 0.2) is 0 Å². The molecule has 96 valence electrons. The van der Waals surface area contributed by atoms with Crippen molar-refractivity contribution in [2.75, 3.05) is 5.32 Å². The minimum Gasteiger partial charge on any atom is -0.325 e. The Hall–Kier alpha value is -1.88. The zero-order valence-corrected chi connectivity index (χ0v) is 10.6. The lowest BCUT2D eigenvalue weighted by atomic mass is 9.99. The first-order valence-electron chi connectivity index (χ1n) is 6.11. The number of carbonyl (C=O) groups is 1. The van der Waals surface area contributed by atoms with Crippen LogP contribution in [0, 0.1) is 5.92 Å². The van der Waals surface area contributed by atoms with Gasteiger partial charge in [-0.15, -0.1) is 0 Å². The minimum absolute atomic E-state index is 0.146. The molecule has 0 aliphatic rings. The molecule has 0 radical (unpaired) electrons. The Kier molecular flexibility index (Phi) is 3.62. The molecular formula is C13H18N4O. The summed E-state index contributed by atoms with van der Waals surface area (Å²) in [5.41, 5.74) is 7.57. The molecule has 2 unspecified atom stereocenters. The number of benzene rings is 1. The summed E-state index contributed by atoms with van der Waals surface area (Å²) < 4.78 is 0. The SMILES string of the molecule is CCC(C)C(N)C(=O)Nc1ccc2[nH]ncc2c1. The number of carbonyl (C=O) groups excluding carboxylic acids is 1. The van der Waals surface area contributed by atoms with Crippen LogP contribution in [-0.2, 0) is 4.79 Å². The number of nitrogens with zero attached hydrogens (tertiary/aromatic N) is 1. The number of aromatic nitrogens is 2. The second kappa shape index (κ2) is 5.18. The predicted octanol–water partition coefficient (Wildman–Crippen LogP) is 1.87. The Balaban J connectivity index is 2.10. The van der Waals surface area contributed by atoms with Crippen LogP contribution >= 0.6 is 0 Å². The van der Waals surface area contributed by atoms with Gasteiger partial charge in [0.25, 0.3) is 0 Å². The monoisotopic (exact) mass is 246 g/mol. The lowest BCUT2D eigenvalue weighted by molar-refractivity contribution is -0.118. The molecule has 4 N–H and O–H groups in total. The second-order valence-electron chi connectivity index (χ2n) is 4.57. The summed E-state index contributed by atoms with van der Waals surface area (Å²) in [6, 6.07) is 5.11. The molecule has 5 nitrogen and oxygen atoms in total. The van der Waals surface area contributed by atoms with Crippen LogP contribution in [0.1, 0.15) is 20.3 Å². The van der Waals surface area contributed by atoms with E-state index < -0.39 is 6.04 Å². The highest BCUT2D eigenvalue weighted by molar-refractivity contribution is 5.96. The van der Waals surface area contributed by atoms with Gasteiger partial charge in [-0.25, -0.2) is 0 Å². The van der Waals surface area contributed by atoms with E-state index in [2.05, 4.69) is 15.5 Å². The van der Waals surface area contributed by atoms with Crippen LogP contribution < -0.4 is 11.1 Å². The molecule has 1 aromatic heterocycles. The third-order valence-electron chi connectivity index (χ3n) is 3.27. The zero-order chi connectivity index (χ0) is 13.1. The first-order chi connectivity index (χ1) is 8.61. The van der Waals surface area contributed by atoms with Gasteiger partial charge in [0.2, 0.25) is 5.91 Å². The van der Waals surface area contributed by atoms with Gasteiger partial charge in [-0.05, 0) is 24.1 Å². The van der Waals surface area contributed by atoms with E-state index in [1.807, 2.05) is 32.0 Å². The van der Waals surface area contributed by atoms with Gasteiger partial charge in [-0.1, -0.05) is 20.3 Å². The molecule has 0 fully saturated rings. The molecule has 2 atom stereocenters. The fraction of sp³-hybridized carbons (Fsp3) is 0.385. The topological polar surface area (TPSA) is 83.8 Å². The smallest absolute Gasteiger partial charge is 0.241 e. The van der Waals surface area contributed by atoms with Gasteiger partial charge < -0.3 is 11.1 Å². The molecule has 2 rings (SSSR count). The first kappa shape index (κ1) is 12.6. The maximum atomic E-state index is 11.9. The van der Waals surface area contributed by atoms with Crippen molar-refractivity contribution < 1.29 is 4.79 Å². The van der Waals surface area contributed by atoms with Crippen molar-refractivity contribution >= 4 is 22.5 Å². The van der Waals surface area contributed by atoms with Crippen molar-refractivity contribution in [1.29, 1.82) is 0 Å². The van der Waals surface area contributed by atoms with E-state index in [-0.39, 0.29) is 11.8 Å². The Morgan fingerprint density at radius 3 is 3.06 bits per heavy atom. The number of anilines is 1.